The monoisotopic (exact) mass is 364 g/mol. The molecule has 25 heavy (non-hydrogen) atoms. The van der Waals surface area contributed by atoms with Crippen molar-refractivity contribution in [3.05, 3.63) is 0 Å². The van der Waals surface area contributed by atoms with Gasteiger partial charge in [0.15, 0.2) is 0 Å². The van der Waals surface area contributed by atoms with Crippen LogP contribution >= 0.6 is 11.8 Å². The number of urea groups is 1. The molecule has 9 heteroatoms. The fraction of sp³-hybridized carbons (Fsp3) is 0.812. The third-order valence-corrected chi connectivity index (χ3v) is 6.67. The predicted octanol–water partition coefficient (Wildman–Crippen LogP) is 1.75. The van der Waals surface area contributed by atoms with Gasteiger partial charge < -0.3 is 5.32 Å². The minimum absolute atomic E-state index is 0.109. The van der Waals surface area contributed by atoms with Gasteiger partial charge in [-0.3, -0.25) is 10.1 Å². The number of hydrogen-bond donors (Lipinski definition) is 2. The van der Waals surface area contributed by atoms with E-state index in [4.69, 9.17) is 0 Å². The lowest BCUT2D eigenvalue weighted by Crippen LogP contribution is -2.47. The van der Waals surface area contributed by atoms with Gasteiger partial charge >= 0.3 is 6.03 Å². The Kier molecular flexibility index (Phi) is 4.66. The van der Waals surface area contributed by atoms with Gasteiger partial charge in [-0.2, -0.15) is 0 Å². The van der Waals surface area contributed by atoms with E-state index in [1.807, 2.05) is 6.92 Å². The summed E-state index contributed by atoms with van der Waals surface area (Å²) in [5.74, 6) is 1.94. The first-order valence-electron chi connectivity index (χ1n) is 9.11. The fourth-order valence-corrected chi connectivity index (χ4v) is 5.12. The van der Waals surface area contributed by atoms with Crippen molar-refractivity contribution in [2.75, 3.05) is 5.75 Å². The smallest absolute Gasteiger partial charge is 0.321 e. The van der Waals surface area contributed by atoms with Crippen molar-refractivity contribution in [1.29, 1.82) is 0 Å². The van der Waals surface area contributed by atoms with Crippen LogP contribution in [0.1, 0.15) is 51.5 Å². The van der Waals surface area contributed by atoms with E-state index >= 15 is 0 Å². The third-order valence-electron chi connectivity index (χ3n) is 5.73. The number of aromatic nitrogens is 4. The van der Waals surface area contributed by atoms with Crippen molar-refractivity contribution in [3.8, 4) is 0 Å². The van der Waals surface area contributed by atoms with E-state index in [1.54, 1.807) is 4.68 Å². The van der Waals surface area contributed by atoms with E-state index in [9.17, 15) is 9.59 Å². The van der Waals surface area contributed by atoms with Gasteiger partial charge in [-0.15, -0.1) is 5.10 Å². The van der Waals surface area contributed by atoms with Crippen molar-refractivity contribution < 1.29 is 9.59 Å². The molecule has 0 radical (unpaired) electrons. The molecular weight excluding hydrogens is 340 g/mol. The number of hydrogen-bond acceptors (Lipinski definition) is 6. The van der Waals surface area contributed by atoms with Crippen molar-refractivity contribution >= 4 is 23.7 Å². The molecule has 4 atom stereocenters. The zero-order chi connectivity index (χ0) is 17.4. The highest BCUT2D eigenvalue weighted by atomic mass is 32.2. The van der Waals surface area contributed by atoms with Crippen LogP contribution in [-0.2, 0) is 4.79 Å². The molecule has 0 spiro atoms. The Morgan fingerprint density at radius 3 is 2.80 bits per heavy atom. The van der Waals surface area contributed by atoms with Crippen molar-refractivity contribution in [2.45, 2.75) is 62.7 Å². The van der Waals surface area contributed by atoms with Gasteiger partial charge in [0.1, 0.15) is 0 Å². The summed E-state index contributed by atoms with van der Waals surface area (Å²) in [6.07, 6.45) is 7.30. The topological polar surface area (TPSA) is 102 Å². The van der Waals surface area contributed by atoms with Crippen molar-refractivity contribution in [2.24, 2.45) is 17.8 Å². The SMILES string of the molecule is CC(NC(=O)NC(=O)CSc1nnnn1C1CC1)C1CC2CCC1C2. The first-order valence-corrected chi connectivity index (χ1v) is 10.1. The largest absolute Gasteiger partial charge is 0.335 e. The number of carbonyl (C=O) groups is 2. The van der Waals surface area contributed by atoms with Gasteiger partial charge in [0, 0.05) is 6.04 Å². The maximum atomic E-state index is 12.1. The first kappa shape index (κ1) is 16.8. The molecule has 0 saturated heterocycles. The number of thioether (sulfide) groups is 1. The number of imide groups is 1. The number of carbonyl (C=O) groups excluding carboxylic acids is 2. The Hall–Kier alpha value is -1.64. The summed E-state index contributed by atoms with van der Waals surface area (Å²) in [7, 11) is 0. The Labute approximate surface area is 150 Å². The molecule has 1 heterocycles. The average Bonchev–Trinajstić information content (AvgIpc) is 3.00. The molecule has 3 aliphatic carbocycles. The molecule has 0 aromatic carbocycles. The highest BCUT2D eigenvalue weighted by molar-refractivity contribution is 7.99. The van der Waals surface area contributed by atoms with E-state index in [2.05, 4.69) is 26.2 Å². The van der Waals surface area contributed by atoms with Gasteiger partial charge in [-0.25, -0.2) is 9.48 Å². The third kappa shape index (κ3) is 3.80. The molecule has 4 rings (SSSR count). The number of amides is 3. The summed E-state index contributed by atoms with van der Waals surface area (Å²) in [6, 6.07) is 0.0760. The maximum Gasteiger partial charge on any atom is 0.321 e. The van der Waals surface area contributed by atoms with Gasteiger partial charge in [0.25, 0.3) is 0 Å². The molecule has 0 aliphatic heterocycles. The first-order chi connectivity index (χ1) is 12.1. The lowest BCUT2D eigenvalue weighted by atomic mass is 9.84. The second-order valence-corrected chi connectivity index (χ2v) is 8.52. The summed E-state index contributed by atoms with van der Waals surface area (Å²) in [5.41, 5.74) is 0. The summed E-state index contributed by atoms with van der Waals surface area (Å²) >= 11 is 1.26. The van der Waals surface area contributed by atoms with Crippen LogP contribution in [-0.4, -0.2) is 43.9 Å². The fourth-order valence-electron chi connectivity index (χ4n) is 4.38. The molecular formula is C16H24N6O2S. The standard InChI is InChI=1S/C16H24N6O2S/c1-9(13-7-10-2-3-11(13)6-10)17-15(24)18-14(23)8-25-16-19-20-21-22(16)12-4-5-12/h9-13H,2-8H2,1H3,(H2,17,18,23,24). The number of nitrogens with zero attached hydrogens (tertiary/aromatic N) is 4. The number of nitrogens with one attached hydrogen (secondary N) is 2. The highest BCUT2D eigenvalue weighted by Gasteiger charge is 2.42. The number of fused-ring (bicyclic) bond motifs is 2. The van der Waals surface area contributed by atoms with Gasteiger partial charge in [-0.1, -0.05) is 18.2 Å². The molecule has 4 unspecified atom stereocenters. The lowest BCUT2D eigenvalue weighted by molar-refractivity contribution is -0.117. The number of rotatable bonds is 6. The molecule has 3 amide bonds. The van der Waals surface area contributed by atoms with Crippen LogP contribution in [0, 0.1) is 17.8 Å². The quantitative estimate of drug-likeness (QED) is 0.746. The van der Waals surface area contributed by atoms with Crippen molar-refractivity contribution in [1.82, 2.24) is 30.8 Å². The van der Waals surface area contributed by atoms with Crippen LogP contribution < -0.4 is 10.6 Å². The summed E-state index contributed by atoms with van der Waals surface area (Å²) in [5, 5.41) is 17.5. The summed E-state index contributed by atoms with van der Waals surface area (Å²) in [4.78, 5) is 24.1. The molecule has 1 aromatic heterocycles. The number of tetrazole rings is 1. The Morgan fingerprint density at radius 2 is 2.12 bits per heavy atom. The Morgan fingerprint density at radius 1 is 1.28 bits per heavy atom. The van der Waals surface area contributed by atoms with Gasteiger partial charge in [0.2, 0.25) is 11.1 Å². The molecule has 3 fully saturated rings. The molecule has 1 aromatic rings. The van der Waals surface area contributed by atoms with E-state index in [-0.39, 0.29) is 17.7 Å². The van der Waals surface area contributed by atoms with Crippen LogP contribution in [0.25, 0.3) is 0 Å². The zero-order valence-electron chi connectivity index (χ0n) is 14.4. The van der Waals surface area contributed by atoms with E-state index < -0.39 is 6.03 Å². The van der Waals surface area contributed by atoms with Crippen LogP contribution in [0.2, 0.25) is 0 Å². The van der Waals surface area contributed by atoms with E-state index in [0.717, 1.165) is 24.7 Å². The predicted molar refractivity (Wildman–Crippen MR) is 91.9 cm³/mol. The minimum Gasteiger partial charge on any atom is -0.335 e. The van der Waals surface area contributed by atoms with Gasteiger partial charge in [0.05, 0.1) is 11.8 Å². The normalized spacial score (nSPS) is 28.8. The van der Waals surface area contributed by atoms with Crippen LogP contribution in [0.15, 0.2) is 5.16 Å². The minimum atomic E-state index is -0.400. The average molecular weight is 364 g/mol. The Bertz CT molecular complexity index is 661. The zero-order valence-corrected chi connectivity index (χ0v) is 15.2. The van der Waals surface area contributed by atoms with Crippen molar-refractivity contribution in [3.63, 3.8) is 0 Å². The molecule has 3 saturated carbocycles. The lowest BCUT2D eigenvalue weighted by Gasteiger charge is -2.28. The van der Waals surface area contributed by atoms with E-state index in [0.29, 0.717) is 17.1 Å². The second-order valence-electron chi connectivity index (χ2n) is 7.57. The van der Waals surface area contributed by atoms with Crippen LogP contribution in [0.3, 0.4) is 0 Å². The summed E-state index contributed by atoms with van der Waals surface area (Å²) in [6.45, 7) is 2.05. The summed E-state index contributed by atoms with van der Waals surface area (Å²) < 4.78 is 1.76. The maximum absolute atomic E-state index is 12.1. The van der Waals surface area contributed by atoms with Gasteiger partial charge in [-0.05, 0) is 67.2 Å². The molecule has 136 valence electrons. The van der Waals surface area contributed by atoms with Crippen LogP contribution in [0.4, 0.5) is 4.79 Å². The van der Waals surface area contributed by atoms with Crippen LogP contribution in [0.5, 0.6) is 0 Å². The molecule has 2 N–H and O–H groups in total. The molecule has 8 nitrogen and oxygen atoms in total. The van der Waals surface area contributed by atoms with E-state index in [1.165, 1.54) is 37.4 Å². The Balaban J connectivity index is 1.21. The second kappa shape index (κ2) is 6.93. The molecule has 2 bridgehead atoms. The molecule has 3 aliphatic rings. The highest BCUT2D eigenvalue weighted by Crippen LogP contribution is 2.49.